The van der Waals surface area contributed by atoms with E-state index < -0.39 is 0 Å². The summed E-state index contributed by atoms with van der Waals surface area (Å²) in [4.78, 5) is 17.8. The lowest BCUT2D eigenvalue weighted by atomic mass is 9.92. The molecule has 160 valence electrons. The molecule has 0 saturated carbocycles. The van der Waals surface area contributed by atoms with E-state index in [0.717, 1.165) is 48.3 Å². The number of carbonyl (C=O) groups is 1. The van der Waals surface area contributed by atoms with Crippen molar-refractivity contribution in [3.63, 3.8) is 0 Å². The number of carbonyl (C=O) groups excluding carboxylic acids is 1. The number of amides is 1. The van der Waals surface area contributed by atoms with Gasteiger partial charge in [-0.1, -0.05) is 60.7 Å². The Labute approximate surface area is 188 Å². The molecule has 2 aromatic heterocycles. The molecule has 0 saturated heterocycles. The summed E-state index contributed by atoms with van der Waals surface area (Å²) in [5.74, 6) is -0.0803. The SMILES string of the molecule is Cc1nc(-c2ccccc2)ccc1C(=O)NC1CCCc2c1cnn2Cc1ccccc1. The maximum absolute atomic E-state index is 13.1. The van der Waals surface area contributed by atoms with Crippen LogP contribution in [0.1, 0.15) is 51.8 Å². The van der Waals surface area contributed by atoms with Gasteiger partial charge >= 0.3 is 0 Å². The number of hydrogen-bond acceptors (Lipinski definition) is 3. The molecule has 5 heteroatoms. The van der Waals surface area contributed by atoms with Crippen LogP contribution in [0, 0.1) is 6.92 Å². The molecule has 5 rings (SSSR count). The fourth-order valence-electron chi connectivity index (χ4n) is 4.47. The molecule has 5 nitrogen and oxygen atoms in total. The monoisotopic (exact) mass is 422 g/mol. The third kappa shape index (κ3) is 4.06. The zero-order valence-electron chi connectivity index (χ0n) is 18.2. The van der Waals surface area contributed by atoms with Crippen molar-refractivity contribution in [3.05, 3.63) is 107 Å². The van der Waals surface area contributed by atoms with Gasteiger partial charge < -0.3 is 5.32 Å². The number of pyridine rings is 1. The third-order valence-electron chi connectivity index (χ3n) is 6.14. The minimum Gasteiger partial charge on any atom is -0.345 e. The summed E-state index contributed by atoms with van der Waals surface area (Å²) in [7, 11) is 0. The number of nitrogens with one attached hydrogen (secondary N) is 1. The normalized spacial score (nSPS) is 15.2. The van der Waals surface area contributed by atoms with Crippen molar-refractivity contribution in [2.24, 2.45) is 0 Å². The highest BCUT2D eigenvalue weighted by Gasteiger charge is 2.26. The van der Waals surface area contributed by atoms with Gasteiger partial charge in [-0.05, 0) is 43.9 Å². The average Bonchev–Trinajstić information content (AvgIpc) is 3.24. The van der Waals surface area contributed by atoms with Gasteiger partial charge in [0.2, 0.25) is 0 Å². The summed E-state index contributed by atoms with van der Waals surface area (Å²) in [6.07, 6.45) is 4.86. The zero-order valence-corrected chi connectivity index (χ0v) is 18.2. The standard InChI is InChI=1S/C27H26N4O/c1-19-22(15-16-24(29-19)21-11-6-3-7-12-21)27(32)30-25-13-8-14-26-23(25)17-28-31(26)18-20-9-4-2-5-10-20/h2-7,9-12,15-17,25H,8,13-14,18H2,1H3,(H,30,32). The second-order valence-electron chi connectivity index (χ2n) is 8.30. The highest BCUT2D eigenvalue weighted by atomic mass is 16.1. The number of nitrogens with zero attached hydrogens (tertiary/aromatic N) is 3. The van der Waals surface area contributed by atoms with Crippen LogP contribution >= 0.6 is 0 Å². The topological polar surface area (TPSA) is 59.8 Å². The molecule has 1 N–H and O–H groups in total. The summed E-state index contributed by atoms with van der Waals surface area (Å²) in [5.41, 5.74) is 6.86. The van der Waals surface area contributed by atoms with Gasteiger partial charge in [0, 0.05) is 16.8 Å². The van der Waals surface area contributed by atoms with E-state index in [9.17, 15) is 4.79 Å². The first-order valence-corrected chi connectivity index (χ1v) is 11.1. The Morgan fingerprint density at radius 3 is 2.53 bits per heavy atom. The van der Waals surface area contributed by atoms with Crippen LogP contribution in [0.4, 0.5) is 0 Å². The number of rotatable bonds is 5. The predicted molar refractivity (Wildman–Crippen MR) is 125 cm³/mol. The summed E-state index contributed by atoms with van der Waals surface area (Å²) in [6.45, 7) is 2.65. The molecule has 2 aromatic carbocycles. The minimum atomic E-state index is -0.0803. The Hall–Kier alpha value is -3.73. The molecule has 0 spiro atoms. The summed E-state index contributed by atoms with van der Waals surface area (Å²) in [5, 5.41) is 7.88. The predicted octanol–water partition coefficient (Wildman–Crippen LogP) is 5.11. The van der Waals surface area contributed by atoms with Crippen molar-refractivity contribution in [1.29, 1.82) is 0 Å². The van der Waals surface area contributed by atoms with E-state index in [1.54, 1.807) is 0 Å². The lowest BCUT2D eigenvalue weighted by Gasteiger charge is -2.24. The smallest absolute Gasteiger partial charge is 0.253 e. The maximum Gasteiger partial charge on any atom is 0.253 e. The summed E-state index contributed by atoms with van der Waals surface area (Å²) < 4.78 is 2.07. The van der Waals surface area contributed by atoms with E-state index in [0.29, 0.717) is 5.56 Å². The van der Waals surface area contributed by atoms with Crippen LogP contribution in [-0.2, 0) is 13.0 Å². The summed E-state index contributed by atoms with van der Waals surface area (Å²) in [6, 6.07) is 24.1. The van der Waals surface area contributed by atoms with Gasteiger partial charge in [-0.2, -0.15) is 5.10 Å². The molecule has 0 bridgehead atoms. The number of fused-ring (bicyclic) bond motifs is 1. The van der Waals surface area contributed by atoms with Crippen LogP contribution in [0.25, 0.3) is 11.3 Å². The first-order valence-electron chi connectivity index (χ1n) is 11.1. The Kier molecular flexibility index (Phi) is 5.55. The van der Waals surface area contributed by atoms with Gasteiger partial charge in [0.05, 0.1) is 35.7 Å². The molecule has 0 fully saturated rings. The van der Waals surface area contributed by atoms with E-state index in [2.05, 4.69) is 32.2 Å². The second-order valence-corrected chi connectivity index (χ2v) is 8.30. The second kappa shape index (κ2) is 8.79. The molecule has 2 heterocycles. The summed E-state index contributed by atoms with van der Waals surface area (Å²) >= 11 is 0. The molecule has 32 heavy (non-hydrogen) atoms. The number of aryl methyl sites for hydroxylation is 1. The van der Waals surface area contributed by atoms with Gasteiger partial charge in [-0.3, -0.25) is 14.5 Å². The van der Waals surface area contributed by atoms with Crippen LogP contribution in [0.2, 0.25) is 0 Å². The number of hydrogen-bond donors (Lipinski definition) is 1. The molecule has 0 aliphatic heterocycles. The van der Waals surface area contributed by atoms with Gasteiger partial charge in [-0.15, -0.1) is 0 Å². The van der Waals surface area contributed by atoms with Gasteiger partial charge in [0.25, 0.3) is 5.91 Å². The molecular weight excluding hydrogens is 396 g/mol. The van der Waals surface area contributed by atoms with E-state index in [1.165, 1.54) is 11.3 Å². The lowest BCUT2D eigenvalue weighted by Crippen LogP contribution is -2.31. The molecule has 1 amide bonds. The van der Waals surface area contributed by atoms with Crippen molar-refractivity contribution in [2.45, 2.75) is 38.8 Å². The minimum absolute atomic E-state index is 0.0241. The van der Waals surface area contributed by atoms with E-state index in [-0.39, 0.29) is 11.9 Å². The highest BCUT2D eigenvalue weighted by molar-refractivity contribution is 5.95. The van der Waals surface area contributed by atoms with Gasteiger partial charge in [0.1, 0.15) is 0 Å². The van der Waals surface area contributed by atoms with Crippen molar-refractivity contribution in [1.82, 2.24) is 20.1 Å². The quantitative estimate of drug-likeness (QED) is 0.486. The molecule has 0 radical (unpaired) electrons. The Balaban J connectivity index is 1.34. The Bertz CT molecular complexity index is 1230. The van der Waals surface area contributed by atoms with Crippen LogP contribution in [0.5, 0.6) is 0 Å². The molecule has 1 aliphatic carbocycles. The Morgan fingerprint density at radius 2 is 1.78 bits per heavy atom. The van der Waals surface area contributed by atoms with Crippen molar-refractivity contribution < 1.29 is 4.79 Å². The van der Waals surface area contributed by atoms with Crippen LogP contribution in [0.15, 0.2) is 79.0 Å². The fourth-order valence-corrected chi connectivity index (χ4v) is 4.47. The Morgan fingerprint density at radius 1 is 1.03 bits per heavy atom. The van der Waals surface area contributed by atoms with Crippen molar-refractivity contribution in [3.8, 4) is 11.3 Å². The molecule has 1 aliphatic rings. The molecular formula is C27H26N4O. The van der Waals surface area contributed by atoms with Crippen LogP contribution in [-0.4, -0.2) is 20.7 Å². The number of aromatic nitrogens is 3. The first-order chi connectivity index (χ1) is 15.7. The molecule has 4 aromatic rings. The first kappa shape index (κ1) is 20.2. The van der Waals surface area contributed by atoms with Crippen LogP contribution in [0.3, 0.4) is 0 Å². The third-order valence-corrected chi connectivity index (χ3v) is 6.14. The maximum atomic E-state index is 13.1. The van der Waals surface area contributed by atoms with Crippen LogP contribution < -0.4 is 5.32 Å². The van der Waals surface area contributed by atoms with E-state index in [4.69, 9.17) is 0 Å². The van der Waals surface area contributed by atoms with Crippen molar-refractivity contribution in [2.75, 3.05) is 0 Å². The largest absolute Gasteiger partial charge is 0.345 e. The van der Waals surface area contributed by atoms with E-state index in [1.807, 2.05) is 73.8 Å². The van der Waals surface area contributed by atoms with Gasteiger partial charge in [0.15, 0.2) is 0 Å². The molecule has 1 unspecified atom stereocenters. The molecule has 1 atom stereocenters. The van der Waals surface area contributed by atoms with Crippen molar-refractivity contribution >= 4 is 5.91 Å². The zero-order chi connectivity index (χ0) is 21.9. The lowest BCUT2D eigenvalue weighted by molar-refractivity contribution is 0.0931. The average molecular weight is 423 g/mol. The van der Waals surface area contributed by atoms with E-state index >= 15 is 0 Å². The fraction of sp³-hybridized carbons (Fsp3) is 0.222. The highest BCUT2D eigenvalue weighted by Crippen LogP contribution is 2.30. The van der Waals surface area contributed by atoms with Gasteiger partial charge in [-0.25, -0.2) is 0 Å². The number of benzene rings is 2.